The highest BCUT2D eigenvalue weighted by Gasteiger charge is 2.17. The van der Waals surface area contributed by atoms with Crippen LogP contribution < -0.4 is 10.7 Å². The van der Waals surface area contributed by atoms with Gasteiger partial charge in [-0.05, 0) is 61.0 Å². The van der Waals surface area contributed by atoms with Gasteiger partial charge in [-0.15, -0.1) is 11.3 Å². The quantitative estimate of drug-likeness (QED) is 0.400. The molecule has 0 atom stereocenters. The molecule has 0 spiro atoms. The van der Waals surface area contributed by atoms with E-state index < -0.39 is 17.2 Å². The zero-order valence-electron chi connectivity index (χ0n) is 17.3. The number of amides is 1. The van der Waals surface area contributed by atoms with Gasteiger partial charge >= 0.3 is 0 Å². The van der Waals surface area contributed by atoms with Crippen molar-refractivity contribution < 1.29 is 9.18 Å². The van der Waals surface area contributed by atoms with Crippen molar-refractivity contribution in [3.05, 3.63) is 94.0 Å². The summed E-state index contributed by atoms with van der Waals surface area (Å²) in [6.45, 7) is 2.05. The van der Waals surface area contributed by atoms with E-state index in [2.05, 4.69) is 23.3 Å². The van der Waals surface area contributed by atoms with Crippen molar-refractivity contribution in [2.45, 2.75) is 6.92 Å². The van der Waals surface area contributed by atoms with Crippen LogP contribution in [0.2, 0.25) is 0 Å². The molecule has 3 aromatic carbocycles. The summed E-state index contributed by atoms with van der Waals surface area (Å²) in [5, 5.41) is 3.82. The average molecular weight is 444 g/mol. The van der Waals surface area contributed by atoms with Crippen LogP contribution in [0.3, 0.4) is 0 Å². The molecule has 0 unspecified atom stereocenters. The fraction of sp³-hybridized carbons (Fsp3) is 0.0800. The molecule has 0 aliphatic rings. The third kappa shape index (κ3) is 3.46. The van der Waals surface area contributed by atoms with Crippen LogP contribution in [-0.2, 0) is 7.05 Å². The number of pyridine rings is 1. The largest absolute Gasteiger partial charge is 0.347 e. The van der Waals surface area contributed by atoms with Gasteiger partial charge in [-0.3, -0.25) is 9.59 Å². The van der Waals surface area contributed by atoms with Crippen LogP contribution in [0.4, 0.5) is 10.1 Å². The maximum absolute atomic E-state index is 14.1. The lowest BCUT2D eigenvalue weighted by Crippen LogP contribution is -2.23. The Morgan fingerprint density at radius 3 is 2.66 bits per heavy atom. The predicted molar refractivity (Wildman–Crippen MR) is 127 cm³/mol. The molecule has 0 aliphatic heterocycles. The lowest BCUT2D eigenvalue weighted by Gasteiger charge is -2.10. The Hall–Kier alpha value is -3.84. The molecule has 32 heavy (non-hydrogen) atoms. The number of rotatable bonds is 3. The first-order valence-electron chi connectivity index (χ1n) is 9.97. The van der Waals surface area contributed by atoms with Gasteiger partial charge in [0.15, 0.2) is 0 Å². The molecule has 0 saturated carbocycles. The Labute approximate surface area is 186 Å². The number of hydrogen-bond acceptors (Lipinski definition) is 4. The van der Waals surface area contributed by atoms with Crippen LogP contribution in [-0.4, -0.2) is 15.5 Å². The van der Waals surface area contributed by atoms with E-state index in [1.54, 1.807) is 30.5 Å². The summed E-state index contributed by atoms with van der Waals surface area (Å²) in [4.78, 5) is 30.2. The molecule has 2 aromatic heterocycles. The van der Waals surface area contributed by atoms with E-state index in [1.807, 2.05) is 24.3 Å². The standard InChI is InChI=1S/C25H18FN3O2S/c1-14-6-11-20-21(12-14)32-25(28-20)15-7-9-16(10-8-15)27-24(31)18-13-29(2)22-17(23(18)30)4-3-5-19(22)26/h3-13H,1-2H3,(H,27,31). The molecule has 1 amide bonds. The minimum atomic E-state index is -0.542. The zero-order chi connectivity index (χ0) is 22.4. The summed E-state index contributed by atoms with van der Waals surface area (Å²) in [7, 11) is 1.61. The Kier molecular flexibility index (Phi) is 4.83. The van der Waals surface area contributed by atoms with E-state index in [9.17, 15) is 14.0 Å². The molecule has 7 heteroatoms. The van der Waals surface area contributed by atoms with Crippen LogP contribution >= 0.6 is 11.3 Å². The minimum Gasteiger partial charge on any atom is -0.347 e. The predicted octanol–water partition coefficient (Wildman–Crippen LogP) is 5.52. The van der Waals surface area contributed by atoms with Crippen LogP contribution in [0.5, 0.6) is 0 Å². The third-order valence-corrected chi connectivity index (χ3v) is 6.40. The molecule has 0 bridgehead atoms. The van der Waals surface area contributed by atoms with Crippen LogP contribution in [0.1, 0.15) is 15.9 Å². The molecular weight excluding hydrogens is 425 g/mol. The number of halogens is 1. The van der Waals surface area contributed by atoms with E-state index in [0.717, 1.165) is 20.8 Å². The van der Waals surface area contributed by atoms with Gasteiger partial charge in [-0.25, -0.2) is 9.37 Å². The van der Waals surface area contributed by atoms with Crippen molar-refractivity contribution in [3.8, 4) is 10.6 Å². The van der Waals surface area contributed by atoms with Gasteiger partial charge in [0.1, 0.15) is 16.4 Å². The number of fused-ring (bicyclic) bond motifs is 2. The second kappa shape index (κ2) is 7.69. The molecule has 0 radical (unpaired) electrons. The summed E-state index contributed by atoms with van der Waals surface area (Å²) < 4.78 is 16.7. The molecule has 5 aromatic rings. The minimum absolute atomic E-state index is 0.0452. The first-order chi connectivity index (χ1) is 15.4. The lowest BCUT2D eigenvalue weighted by molar-refractivity contribution is 0.102. The van der Waals surface area contributed by atoms with Gasteiger partial charge in [0.25, 0.3) is 5.91 Å². The number of anilines is 1. The first kappa shape index (κ1) is 20.1. The van der Waals surface area contributed by atoms with E-state index in [4.69, 9.17) is 0 Å². The molecule has 0 fully saturated rings. The number of benzene rings is 3. The molecule has 5 nitrogen and oxygen atoms in total. The maximum atomic E-state index is 14.1. The fourth-order valence-corrected chi connectivity index (χ4v) is 4.80. The van der Waals surface area contributed by atoms with Crippen molar-refractivity contribution in [2.24, 2.45) is 7.05 Å². The Morgan fingerprint density at radius 2 is 1.88 bits per heavy atom. The number of thiazole rings is 1. The monoisotopic (exact) mass is 443 g/mol. The average Bonchev–Trinajstić information content (AvgIpc) is 3.19. The summed E-state index contributed by atoms with van der Waals surface area (Å²) >= 11 is 1.61. The van der Waals surface area contributed by atoms with Gasteiger partial charge < -0.3 is 9.88 Å². The molecule has 0 aliphatic carbocycles. The Bertz CT molecular complexity index is 1570. The van der Waals surface area contributed by atoms with Crippen molar-refractivity contribution in [1.29, 1.82) is 0 Å². The second-order valence-corrected chi connectivity index (χ2v) is 8.67. The van der Waals surface area contributed by atoms with Gasteiger partial charge in [-0.2, -0.15) is 0 Å². The number of hydrogen-bond donors (Lipinski definition) is 1. The highest BCUT2D eigenvalue weighted by molar-refractivity contribution is 7.21. The summed E-state index contributed by atoms with van der Waals surface area (Å²) in [5.41, 5.74) is 3.26. The van der Waals surface area contributed by atoms with Crippen LogP contribution in [0.25, 0.3) is 31.7 Å². The summed E-state index contributed by atoms with van der Waals surface area (Å²) in [6.07, 6.45) is 1.36. The van der Waals surface area contributed by atoms with Crippen molar-refractivity contribution in [1.82, 2.24) is 9.55 Å². The van der Waals surface area contributed by atoms with Crippen LogP contribution in [0.15, 0.2) is 71.7 Å². The Morgan fingerprint density at radius 1 is 1.09 bits per heavy atom. The number of carbonyl (C=O) groups excluding carboxylic acids is 1. The zero-order valence-corrected chi connectivity index (χ0v) is 18.2. The van der Waals surface area contributed by atoms with E-state index in [1.165, 1.54) is 34.5 Å². The summed E-state index contributed by atoms with van der Waals surface area (Å²) in [5.74, 6) is -1.05. The molecule has 5 rings (SSSR count). The van der Waals surface area contributed by atoms with Gasteiger partial charge in [-0.1, -0.05) is 12.1 Å². The number of aromatic nitrogens is 2. The SMILES string of the molecule is Cc1ccc2nc(-c3ccc(NC(=O)c4cn(C)c5c(F)cccc5c4=O)cc3)sc2c1. The molecule has 0 saturated heterocycles. The number of carbonyl (C=O) groups is 1. The highest BCUT2D eigenvalue weighted by Crippen LogP contribution is 2.31. The number of nitrogens with zero attached hydrogens (tertiary/aromatic N) is 2. The molecule has 158 valence electrons. The van der Waals surface area contributed by atoms with Crippen molar-refractivity contribution in [3.63, 3.8) is 0 Å². The number of nitrogens with one attached hydrogen (secondary N) is 1. The maximum Gasteiger partial charge on any atom is 0.261 e. The highest BCUT2D eigenvalue weighted by atomic mass is 32.1. The smallest absolute Gasteiger partial charge is 0.261 e. The topological polar surface area (TPSA) is 64.0 Å². The number of aryl methyl sites for hydroxylation is 2. The van der Waals surface area contributed by atoms with E-state index in [-0.39, 0.29) is 16.5 Å². The molecule has 2 heterocycles. The molecular formula is C25H18FN3O2S. The number of para-hydroxylation sites is 1. The van der Waals surface area contributed by atoms with Gasteiger partial charge in [0, 0.05) is 29.9 Å². The lowest BCUT2D eigenvalue weighted by atomic mass is 10.1. The van der Waals surface area contributed by atoms with Crippen LogP contribution in [0, 0.1) is 12.7 Å². The normalized spacial score (nSPS) is 11.2. The van der Waals surface area contributed by atoms with Crippen molar-refractivity contribution >= 4 is 44.1 Å². The second-order valence-electron chi connectivity index (χ2n) is 7.64. The van der Waals surface area contributed by atoms with Crippen molar-refractivity contribution in [2.75, 3.05) is 5.32 Å². The Balaban J connectivity index is 1.42. The summed E-state index contributed by atoms with van der Waals surface area (Å²) in [6, 6.07) is 17.7. The van der Waals surface area contributed by atoms with Gasteiger partial charge in [0.2, 0.25) is 5.43 Å². The first-order valence-corrected chi connectivity index (χ1v) is 10.8. The van der Waals surface area contributed by atoms with E-state index >= 15 is 0 Å². The van der Waals surface area contributed by atoms with E-state index in [0.29, 0.717) is 5.69 Å². The molecule has 1 N–H and O–H groups in total. The fourth-order valence-electron chi connectivity index (χ4n) is 3.73. The third-order valence-electron chi connectivity index (χ3n) is 5.33. The van der Waals surface area contributed by atoms with Gasteiger partial charge in [0.05, 0.1) is 15.7 Å².